The van der Waals surface area contributed by atoms with Gasteiger partial charge in [-0.25, -0.2) is 0 Å². The first-order chi connectivity index (χ1) is 9.82. The molecule has 0 amide bonds. The van der Waals surface area contributed by atoms with E-state index in [9.17, 15) is 5.26 Å². The molecule has 21 heavy (non-hydrogen) atoms. The zero-order valence-electron chi connectivity index (χ0n) is 13.0. The number of nitrogens with one attached hydrogen (secondary N) is 2. The van der Waals surface area contributed by atoms with Crippen LogP contribution in [0.1, 0.15) is 33.3 Å². The van der Waals surface area contributed by atoms with Crippen molar-refractivity contribution in [2.45, 2.75) is 33.2 Å². The van der Waals surface area contributed by atoms with E-state index in [1.54, 1.807) is 13.8 Å². The van der Waals surface area contributed by atoms with Crippen molar-refractivity contribution in [3.63, 3.8) is 0 Å². The van der Waals surface area contributed by atoms with Gasteiger partial charge in [-0.2, -0.15) is 20.5 Å². The molecule has 1 aromatic rings. The van der Waals surface area contributed by atoms with Crippen LogP contribution in [0, 0.1) is 28.6 Å². The third kappa shape index (κ3) is 4.50. The lowest BCUT2D eigenvalue weighted by molar-refractivity contribution is 0.396. The molecule has 0 radical (unpaired) electrons. The van der Waals surface area contributed by atoms with E-state index in [4.69, 9.17) is 10.00 Å². The van der Waals surface area contributed by atoms with Gasteiger partial charge in [0.25, 0.3) is 0 Å². The number of hydrogen-bond acceptors (Lipinski definition) is 7. The van der Waals surface area contributed by atoms with Gasteiger partial charge in [0.15, 0.2) is 11.4 Å². The summed E-state index contributed by atoms with van der Waals surface area (Å²) in [6.45, 7) is 8.19. The maximum absolute atomic E-state index is 9.24. The molecule has 0 aliphatic carbocycles. The molecule has 1 rings (SSSR count). The van der Waals surface area contributed by atoms with E-state index in [2.05, 4.69) is 40.5 Å². The Kier molecular flexibility index (Phi) is 5.31. The molecular weight excluding hydrogens is 268 g/mol. The van der Waals surface area contributed by atoms with Crippen LogP contribution in [-0.4, -0.2) is 29.2 Å². The smallest absolute Gasteiger partial charge is 0.238 e. The summed E-state index contributed by atoms with van der Waals surface area (Å²) in [7, 11) is 1.44. The van der Waals surface area contributed by atoms with Crippen LogP contribution >= 0.6 is 0 Å². The molecule has 1 aromatic heterocycles. The maximum atomic E-state index is 9.24. The Bertz CT molecular complexity index is 582. The van der Waals surface area contributed by atoms with Crippen LogP contribution in [0.2, 0.25) is 0 Å². The first-order valence-corrected chi connectivity index (χ1v) is 6.62. The van der Waals surface area contributed by atoms with E-state index in [1.165, 1.54) is 7.11 Å². The van der Waals surface area contributed by atoms with E-state index in [0.717, 1.165) is 0 Å². The van der Waals surface area contributed by atoms with Gasteiger partial charge in [0.05, 0.1) is 13.2 Å². The van der Waals surface area contributed by atoms with Gasteiger partial charge in [-0.1, -0.05) is 13.8 Å². The second-order valence-electron chi connectivity index (χ2n) is 5.53. The van der Waals surface area contributed by atoms with E-state index >= 15 is 0 Å². The summed E-state index contributed by atoms with van der Waals surface area (Å²) < 4.78 is 5.14. The summed E-state index contributed by atoms with van der Waals surface area (Å²) in [6.07, 6.45) is 0. The maximum Gasteiger partial charge on any atom is 0.238 e. The minimum atomic E-state index is -0.825. The van der Waals surface area contributed by atoms with Crippen molar-refractivity contribution in [1.29, 1.82) is 10.5 Å². The fourth-order valence-electron chi connectivity index (χ4n) is 1.48. The summed E-state index contributed by atoms with van der Waals surface area (Å²) in [5.74, 6) is 1.21. The van der Waals surface area contributed by atoms with Crippen LogP contribution in [0.4, 0.5) is 11.8 Å². The number of anilines is 2. The van der Waals surface area contributed by atoms with Gasteiger partial charge >= 0.3 is 0 Å². The molecule has 0 unspecified atom stereocenters. The molecule has 1 heterocycles. The summed E-state index contributed by atoms with van der Waals surface area (Å²) in [5.41, 5.74) is -0.576. The molecule has 2 N–H and O–H groups in total. The number of rotatable bonds is 6. The van der Waals surface area contributed by atoms with Crippen LogP contribution in [0.5, 0.6) is 5.88 Å². The predicted molar refractivity (Wildman–Crippen MR) is 79.9 cm³/mol. The van der Waals surface area contributed by atoms with E-state index in [1.807, 2.05) is 6.07 Å². The normalized spacial score (nSPS) is 10.7. The van der Waals surface area contributed by atoms with Crippen molar-refractivity contribution in [2.75, 3.05) is 24.3 Å². The molecule has 0 atom stereocenters. The highest BCUT2D eigenvalue weighted by Gasteiger charge is 2.21. The molecule has 112 valence electrons. The van der Waals surface area contributed by atoms with E-state index in [-0.39, 0.29) is 17.4 Å². The van der Waals surface area contributed by atoms with Gasteiger partial charge in [-0.05, 0) is 19.8 Å². The Labute approximate surface area is 125 Å². The van der Waals surface area contributed by atoms with Crippen LogP contribution in [0.3, 0.4) is 0 Å². The average Bonchev–Trinajstić information content (AvgIpc) is 2.43. The first-order valence-electron chi connectivity index (χ1n) is 6.62. The largest absolute Gasteiger partial charge is 0.480 e. The Morgan fingerprint density at radius 1 is 1.29 bits per heavy atom. The predicted octanol–water partition coefficient (Wildman–Crippen LogP) is 2.14. The lowest BCUT2D eigenvalue weighted by Crippen LogP contribution is -2.30. The third-order valence-corrected chi connectivity index (χ3v) is 2.56. The van der Waals surface area contributed by atoms with Gasteiger partial charge in [0.2, 0.25) is 11.8 Å². The van der Waals surface area contributed by atoms with Crippen molar-refractivity contribution < 1.29 is 4.74 Å². The van der Waals surface area contributed by atoms with Crippen molar-refractivity contribution in [3.05, 3.63) is 5.56 Å². The van der Waals surface area contributed by atoms with Gasteiger partial charge in [-0.15, -0.1) is 0 Å². The molecule has 0 aliphatic heterocycles. The van der Waals surface area contributed by atoms with E-state index < -0.39 is 5.54 Å². The zero-order chi connectivity index (χ0) is 16.0. The SMILES string of the molecule is COc1nc(NC(C)(C)C#N)nc(NCC(C)C)c1C#N. The molecule has 0 aromatic carbocycles. The molecule has 0 spiro atoms. The van der Waals surface area contributed by atoms with Gasteiger partial charge < -0.3 is 15.4 Å². The topological polar surface area (TPSA) is 107 Å². The lowest BCUT2D eigenvalue weighted by Gasteiger charge is -2.19. The number of ether oxygens (including phenoxy) is 1. The molecule has 0 bridgehead atoms. The second kappa shape index (κ2) is 6.76. The van der Waals surface area contributed by atoms with Gasteiger partial charge in [-0.3, -0.25) is 0 Å². The Morgan fingerprint density at radius 2 is 1.95 bits per heavy atom. The first kappa shape index (κ1) is 16.5. The third-order valence-electron chi connectivity index (χ3n) is 2.56. The minimum absolute atomic E-state index is 0.176. The molecule has 0 fully saturated rings. The van der Waals surface area contributed by atoms with Crippen LogP contribution in [0.25, 0.3) is 0 Å². The lowest BCUT2D eigenvalue weighted by atomic mass is 10.1. The molecule has 0 saturated heterocycles. The fourth-order valence-corrected chi connectivity index (χ4v) is 1.48. The molecule has 7 nitrogen and oxygen atoms in total. The number of hydrogen-bond donors (Lipinski definition) is 2. The van der Waals surface area contributed by atoms with Crippen LogP contribution in [-0.2, 0) is 0 Å². The number of nitriles is 2. The summed E-state index contributed by atoms with van der Waals surface area (Å²) >= 11 is 0. The second-order valence-corrected chi connectivity index (χ2v) is 5.53. The highest BCUT2D eigenvalue weighted by molar-refractivity contribution is 5.60. The minimum Gasteiger partial charge on any atom is -0.480 e. The van der Waals surface area contributed by atoms with Crippen molar-refractivity contribution in [1.82, 2.24) is 9.97 Å². The molecular formula is C14H20N6O. The van der Waals surface area contributed by atoms with Gasteiger partial charge in [0.1, 0.15) is 11.6 Å². The highest BCUT2D eigenvalue weighted by atomic mass is 16.5. The Hall–Kier alpha value is -2.54. The van der Waals surface area contributed by atoms with Crippen molar-refractivity contribution >= 4 is 11.8 Å². The quantitative estimate of drug-likeness (QED) is 0.825. The number of methoxy groups -OCH3 is 1. The standard InChI is InChI=1S/C14H20N6O/c1-9(2)7-17-11-10(6-15)12(21-5)19-13(18-11)20-14(3,4)8-16/h9H,7H2,1-5H3,(H2,17,18,19,20). The molecule has 0 saturated carbocycles. The van der Waals surface area contributed by atoms with E-state index in [0.29, 0.717) is 18.3 Å². The van der Waals surface area contributed by atoms with Gasteiger partial charge in [0, 0.05) is 6.54 Å². The Balaban J connectivity index is 3.21. The summed E-state index contributed by atoms with van der Waals surface area (Å²) in [6, 6.07) is 4.15. The number of aromatic nitrogens is 2. The Morgan fingerprint density at radius 3 is 2.43 bits per heavy atom. The van der Waals surface area contributed by atoms with Crippen molar-refractivity contribution in [2.24, 2.45) is 5.92 Å². The summed E-state index contributed by atoms with van der Waals surface area (Å²) in [4.78, 5) is 8.40. The average molecular weight is 288 g/mol. The van der Waals surface area contributed by atoms with Crippen LogP contribution in [0.15, 0.2) is 0 Å². The van der Waals surface area contributed by atoms with Crippen LogP contribution < -0.4 is 15.4 Å². The molecule has 7 heteroatoms. The highest BCUT2D eigenvalue weighted by Crippen LogP contribution is 2.25. The molecule has 0 aliphatic rings. The monoisotopic (exact) mass is 288 g/mol. The summed E-state index contributed by atoms with van der Waals surface area (Å²) in [5, 5.41) is 24.3. The fraction of sp³-hybridized carbons (Fsp3) is 0.571. The zero-order valence-corrected chi connectivity index (χ0v) is 13.0. The number of nitrogens with zero attached hydrogens (tertiary/aromatic N) is 4. The van der Waals surface area contributed by atoms with Crippen molar-refractivity contribution in [3.8, 4) is 18.0 Å².